The van der Waals surface area contributed by atoms with Crippen LogP contribution in [0.1, 0.15) is 5.37 Å². The van der Waals surface area contributed by atoms with Crippen molar-refractivity contribution in [3.05, 3.63) is 6.33 Å². The molecule has 0 radical (unpaired) electrons. The van der Waals surface area contributed by atoms with Crippen molar-refractivity contribution in [2.24, 2.45) is 0 Å². The highest BCUT2D eigenvalue weighted by molar-refractivity contribution is 8.00. The van der Waals surface area contributed by atoms with Crippen LogP contribution in [-0.4, -0.2) is 66.0 Å². The van der Waals surface area contributed by atoms with Crippen LogP contribution in [-0.2, 0) is 0 Å². The normalized spacial score (nSPS) is 29.1. The zero-order chi connectivity index (χ0) is 15.1. The van der Waals surface area contributed by atoms with Crippen molar-refractivity contribution in [2.45, 2.75) is 22.8 Å². The average molecular weight is 313 g/mol. The molecule has 0 aromatic carbocycles. The lowest BCUT2D eigenvalue weighted by Crippen LogP contribution is -2.32. The van der Waals surface area contributed by atoms with Gasteiger partial charge < -0.3 is 25.8 Å². The molecule has 21 heavy (non-hydrogen) atoms. The monoisotopic (exact) mass is 313 g/mol. The Labute approximate surface area is 123 Å². The number of nitrogens with two attached hydrogens (primary N) is 1. The maximum Gasteiger partial charge on any atom is 0.246 e. The second kappa shape index (κ2) is 5.30. The predicted molar refractivity (Wildman–Crippen MR) is 75.8 cm³/mol. The van der Waals surface area contributed by atoms with Crippen molar-refractivity contribution in [1.29, 1.82) is 0 Å². The van der Waals surface area contributed by atoms with Crippen LogP contribution in [0, 0.1) is 0 Å². The van der Waals surface area contributed by atoms with E-state index in [4.69, 9.17) is 10.5 Å². The number of rotatable bonds is 3. The number of hydrogen-bond donors (Lipinski definition) is 4. The second-order valence-corrected chi connectivity index (χ2v) is 6.00. The van der Waals surface area contributed by atoms with Gasteiger partial charge in [-0.15, -0.1) is 11.8 Å². The number of aliphatic hydroxyl groups is 3. The van der Waals surface area contributed by atoms with Crippen LogP contribution >= 0.6 is 11.8 Å². The summed E-state index contributed by atoms with van der Waals surface area (Å²) in [6.45, 7) is -0.230. The van der Waals surface area contributed by atoms with Gasteiger partial charge in [0, 0.05) is 0 Å². The molecular formula is C11H15N5O4S. The Morgan fingerprint density at radius 1 is 1.38 bits per heavy atom. The quantitative estimate of drug-likeness (QED) is 0.547. The van der Waals surface area contributed by atoms with Crippen LogP contribution in [0.25, 0.3) is 11.2 Å². The number of imidazole rings is 1. The number of fused-ring (bicyclic) bond motifs is 1. The average Bonchev–Trinajstić information content (AvgIpc) is 3.01. The van der Waals surface area contributed by atoms with Crippen LogP contribution < -0.4 is 10.5 Å². The molecule has 0 saturated carbocycles. The Morgan fingerprint density at radius 2 is 2.14 bits per heavy atom. The van der Waals surface area contributed by atoms with E-state index in [1.165, 1.54) is 25.2 Å². The lowest BCUT2D eigenvalue weighted by molar-refractivity contribution is 0.0113. The van der Waals surface area contributed by atoms with Crippen molar-refractivity contribution < 1.29 is 20.1 Å². The third-order valence-corrected chi connectivity index (χ3v) is 4.95. The number of aliphatic hydroxyl groups excluding tert-OH is 3. The number of nitrogen functional groups attached to an aromatic ring is 1. The van der Waals surface area contributed by atoms with Gasteiger partial charge in [-0.05, 0) is 0 Å². The van der Waals surface area contributed by atoms with Crippen LogP contribution in [0.2, 0.25) is 0 Å². The van der Waals surface area contributed by atoms with E-state index < -0.39 is 22.8 Å². The fourth-order valence-corrected chi connectivity index (χ4v) is 3.72. The summed E-state index contributed by atoms with van der Waals surface area (Å²) in [4.78, 5) is 12.2. The smallest absolute Gasteiger partial charge is 0.246 e. The first-order valence-electron chi connectivity index (χ1n) is 6.23. The fraction of sp³-hybridized carbons (Fsp3) is 0.545. The molecule has 0 aliphatic carbocycles. The Balaban J connectivity index is 2.07. The molecule has 3 heterocycles. The summed E-state index contributed by atoms with van der Waals surface area (Å²) in [5.74, 6) is 0.269. The molecule has 4 atom stereocenters. The molecule has 0 bridgehead atoms. The molecule has 1 saturated heterocycles. The third kappa shape index (κ3) is 2.20. The molecule has 1 aliphatic rings. The highest BCUT2D eigenvalue weighted by atomic mass is 32.2. The Morgan fingerprint density at radius 3 is 2.76 bits per heavy atom. The molecule has 9 nitrogen and oxygen atoms in total. The first-order valence-corrected chi connectivity index (χ1v) is 7.17. The predicted octanol–water partition coefficient (Wildman–Crippen LogP) is -1.25. The number of ether oxygens (including phenoxy) is 1. The largest absolute Gasteiger partial charge is 0.479 e. The highest BCUT2D eigenvalue weighted by Crippen LogP contribution is 2.43. The van der Waals surface area contributed by atoms with Crippen molar-refractivity contribution in [3.63, 3.8) is 0 Å². The van der Waals surface area contributed by atoms with E-state index in [1.54, 1.807) is 4.57 Å². The van der Waals surface area contributed by atoms with Gasteiger partial charge in [0.05, 0.1) is 31.4 Å². The van der Waals surface area contributed by atoms with E-state index in [-0.39, 0.29) is 18.4 Å². The van der Waals surface area contributed by atoms with Gasteiger partial charge in [0.15, 0.2) is 11.2 Å². The van der Waals surface area contributed by atoms with Crippen LogP contribution in [0.15, 0.2) is 6.33 Å². The number of anilines is 1. The Hall–Kier alpha value is -1.62. The van der Waals surface area contributed by atoms with Gasteiger partial charge in [0.2, 0.25) is 11.8 Å². The Bertz CT molecular complexity index is 665. The van der Waals surface area contributed by atoms with Crippen molar-refractivity contribution in [1.82, 2.24) is 19.5 Å². The minimum Gasteiger partial charge on any atom is -0.479 e. The first-order chi connectivity index (χ1) is 10.1. The van der Waals surface area contributed by atoms with Gasteiger partial charge in [-0.2, -0.15) is 9.97 Å². The van der Waals surface area contributed by atoms with Gasteiger partial charge in [0.1, 0.15) is 11.5 Å². The molecule has 3 rings (SSSR count). The number of aromatic nitrogens is 4. The van der Waals surface area contributed by atoms with Crippen LogP contribution in [0.3, 0.4) is 0 Å². The zero-order valence-electron chi connectivity index (χ0n) is 11.1. The molecule has 5 N–H and O–H groups in total. The minimum atomic E-state index is -1.05. The van der Waals surface area contributed by atoms with E-state index in [1.807, 2.05) is 0 Å². The molecule has 1 aliphatic heterocycles. The molecule has 0 amide bonds. The molecule has 0 spiro atoms. The zero-order valence-corrected chi connectivity index (χ0v) is 11.9. The van der Waals surface area contributed by atoms with E-state index in [0.717, 1.165) is 0 Å². The number of hydrogen-bond acceptors (Lipinski definition) is 9. The summed E-state index contributed by atoms with van der Waals surface area (Å²) in [5.41, 5.74) is 6.46. The van der Waals surface area contributed by atoms with Crippen molar-refractivity contribution >= 4 is 28.9 Å². The summed E-state index contributed by atoms with van der Waals surface area (Å²) in [7, 11) is 1.45. The van der Waals surface area contributed by atoms with E-state index in [0.29, 0.717) is 11.2 Å². The molecule has 10 heteroatoms. The number of nitrogens with zero attached hydrogens (tertiary/aromatic N) is 4. The lowest BCUT2D eigenvalue weighted by atomic mass is 10.1. The topological polar surface area (TPSA) is 140 Å². The van der Waals surface area contributed by atoms with E-state index in [9.17, 15) is 15.3 Å². The van der Waals surface area contributed by atoms with Gasteiger partial charge in [-0.3, -0.25) is 4.57 Å². The molecule has 114 valence electrons. The summed E-state index contributed by atoms with van der Waals surface area (Å²) in [5, 5.41) is 28.3. The highest BCUT2D eigenvalue weighted by Gasteiger charge is 2.43. The number of methoxy groups -OCH3 is 1. The summed E-state index contributed by atoms with van der Waals surface area (Å²) >= 11 is 1.25. The van der Waals surface area contributed by atoms with Gasteiger partial charge in [0.25, 0.3) is 0 Å². The molecule has 2 aromatic rings. The van der Waals surface area contributed by atoms with Crippen molar-refractivity contribution in [2.75, 3.05) is 19.5 Å². The van der Waals surface area contributed by atoms with E-state index >= 15 is 0 Å². The maximum atomic E-state index is 10.1. The molecular weight excluding hydrogens is 298 g/mol. The summed E-state index contributed by atoms with van der Waals surface area (Å²) in [6.07, 6.45) is -0.593. The van der Waals surface area contributed by atoms with Gasteiger partial charge in [-0.25, -0.2) is 4.98 Å². The van der Waals surface area contributed by atoms with Crippen molar-refractivity contribution in [3.8, 4) is 5.88 Å². The maximum absolute atomic E-state index is 10.1. The SMILES string of the molecule is COc1nc(N)nc2c1ncn2[C@H]1S[C@@H](CO)[C@@H](O)[C@@H]1O. The minimum absolute atomic E-state index is 0.0258. The summed E-state index contributed by atoms with van der Waals surface area (Å²) < 4.78 is 6.71. The summed E-state index contributed by atoms with van der Waals surface area (Å²) in [6, 6.07) is 0. The number of thioether (sulfide) groups is 1. The standard InChI is InChI=1S/C11H15N5O4S/c1-20-9-5-8(14-11(12)15-9)16(3-13-5)10-7(19)6(18)4(2-17)21-10/h3-4,6-7,10,17-19H,2H2,1H3,(H2,12,14,15)/t4-,6+,7-,10-/m0/s1. The van der Waals surface area contributed by atoms with Crippen LogP contribution in [0.5, 0.6) is 5.88 Å². The lowest BCUT2D eigenvalue weighted by Gasteiger charge is -2.17. The second-order valence-electron chi connectivity index (χ2n) is 4.64. The Kier molecular flexibility index (Phi) is 3.61. The molecule has 1 fully saturated rings. The third-order valence-electron chi connectivity index (χ3n) is 3.39. The van der Waals surface area contributed by atoms with E-state index in [2.05, 4.69) is 15.0 Å². The van der Waals surface area contributed by atoms with Gasteiger partial charge in [-0.1, -0.05) is 0 Å². The molecule has 2 aromatic heterocycles. The van der Waals surface area contributed by atoms with Crippen LogP contribution in [0.4, 0.5) is 5.95 Å². The van der Waals surface area contributed by atoms with Gasteiger partial charge >= 0.3 is 0 Å². The first kappa shape index (κ1) is 14.3. The fourth-order valence-electron chi connectivity index (χ4n) is 2.35. The molecule has 0 unspecified atom stereocenters.